The molecule has 1 aliphatic carbocycles. The molecule has 0 saturated heterocycles. The van der Waals surface area contributed by atoms with Gasteiger partial charge in [0.1, 0.15) is 11.9 Å². The molecule has 0 spiro atoms. The van der Waals surface area contributed by atoms with E-state index in [4.69, 9.17) is 5.26 Å². The quantitative estimate of drug-likeness (QED) is 0.838. The van der Waals surface area contributed by atoms with Crippen molar-refractivity contribution >= 4 is 5.82 Å². The second-order valence-corrected chi connectivity index (χ2v) is 4.77. The Labute approximate surface area is 95.7 Å². The Morgan fingerprint density at radius 3 is 2.62 bits per heavy atom. The Kier molecular flexibility index (Phi) is 2.78. The van der Waals surface area contributed by atoms with Gasteiger partial charge in [-0.2, -0.15) is 5.26 Å². The average molecular weight is 216 g/mol. The summed E-state index contributed by atoms with van der Waals surface area (Å²) in [6.07, 6.45) is 5.70. The van der Waals surface area contributed by atoms with Gasteiger partial charge in [-0.1, -0.05) is 13.8 Å². The summed E-state index contributed by atoms with van der Waals surface area (Å²) in [7, 11) is 0. The first-order valence-electron chi connectivity index (χ1n) is 5.62. The number of rotatable bonds is 4. The molecular formula is C12H16N4. The van der Waals surface area contributed by atoms with Crippen molar-refractivity contribution in [2.45, 2.75) is 26.7 Å². The Balaban J connectivity index is 1.93. The molecule has 0 aliphatic heterocycles. The number of nitrogens with zero attached hydrogens (tertiary/aromatic N) is 3. The summed E-state index contributed by atoms with van der Waals surface area (Å²) >= 11 is 0. The van der Waals surface area contributed by atoms with Crippen LogP contribution in [0.1, 0.15) is 32.4 Å². The molecule has 2 rings (SSSR count). The standard InChI is InChI=1S/C12H16N4/c1-9(2)12(3-4-12)8-16-11-7-14-10(5-13)6-15-11/h6-7,9H,3-4,8H2,1-2H3,(H,15,16). The highest BCUT2D eigenvalue weighted by molar-refractivity contribution is 5.34. The zero-order valence-corrected chi connectivity index (χ0v) is 9.70. The Morgan fingerprint density at radius 1 is 1.44 bits per heavy atom. The third-order valence-corrected chi connectivity index (χ3v) is 3.50. The van der Waals surface area contributed by atoms with Crippen LogP contribution in [0.3, 0.4) is 0 Å². The van der Waals surface area contributed by atoms with Crippen LogP contribution in [0.15, 0.2) is 12.4 Å². The highest BCUT2D eigenvalue weighted by Crippen LogP contribution is 2.51. The van der Waals surface area contributed by atoms with E-state index in [9.17, 15) is 0 Å². The van der Waals surface area contributed by atoms with Crippen molar-refractivity contribution in [2.75, 3.05) is 11.9 Å². The van der Waals surface area contributed by atoms with Crippen LogP contribution in [0.25, 0.3) is 0 Å². The lowest BCUT2D eigenvalue weighted by atomic mass is 9.92. The Hall–Kier alpha value is -1.63. The predicted octanol–water partition coefficient (Wildman–Crippen LogP) is 2.20. The minimum absolute atomic E-state index is 0.357. The topological polar surface area (TPSA) is 61.6 Å². The molecule has 1 aromatic heterocycles. The molecule has 0 aromatic carbocycles. The summed E-state index contributed by atoms with van der Waals surface area (Å²) in [6, 6.07) is 1.96. The van der Waals surface area contributed by atoms with Crippen LogP contribution in [-0.2, 0) is 0 Å². The van der Waals surface area contributed by atoms with Crippen LogP contribution in [0.5, 0.6) is 0 Å². The number of nitriles is 1. The highest BCUT2D eigenvalue weighted by atomic mass is 15.0. The average Bonchev–Trinajstić information content (AvgIpc) is 3.08. The summed E-state index contributed by atoms with van der Waals surface area (Å²) in [5.41, 5.74) is 0.811. The third-order valence-electron chi connectivity index (χ3n) is 3.50. The van der Waals surface area contributed by atoms with Gasteiger partial charge in [0.15, 0.2) is 5.69 Å². The maximum Gasteiger partial charge on any atom is 0.158 e. The van der Waals surface area contributed by atoms with Gasteiger partial charge in [-0.05, 0) is 24.2 Å². The van der Waals surface area contributed by atoms with E-state index in [1.165, 1.54) is 19.0 Å². The maximum atomic E-state index is 8.60. The summed E-state index contributed by atoms with van der Waals surface area (Å²) < 4.78 is 0. The second-order valence-electron chi connectivity index (χ2n) is 4.77. The molecule has 1 aromatic rings. The smallest absolute Gasteiger partial charge is 0.158 e. The fourth-order valence-corrected chi connectivity index (χ4v) is 1.86. The summed E-state index contributed by atoms with van der Waals surface area (Å²) in [4.78, 5) is 8.12. The SMILES string of the molecule is CC(C)C1(CNc2cnc(C#N)cn2)CC1. The molecule has 84 valence electrons. The second kappa shape index (κ2) is 4.09. The van der Waals surface area contributed by atoms with Gasteiger partial charge in [-0.3, -0.25) is 0 Å². The van der Waals surface area contributed by atoms with Gasteiger partial charge in [0.2, 0.25) is 0 Å². The minimum Gasteiger partial charge on any atom is -0.368 e. The normalized spacial score (nSPS) is 16.9. The molecule has 1 aliphatic rings. The number of nitrogens with one attached hydrogen (secondary N) is 1. The largest absolute Gasteiger partial charge is 0.368 e. The van der Waals surface area contributed by atoms with Gasteiger partial charge in [0, 0.05) is 6.54 Å². The lowest BCUT2D eigenvalue weighted by molar-refractivity contribution is 0.380. The number of hydrogen-bond donors (Lipinski definition) is 1. The van der Waals surface area contributed by atoms with E-state index in [1.807, 2.05) is 6.07 Å². The Morgan fingerprint density at radius 2 is 2.19 bits per heavy atom. The molecule has 0 unspecified atom stereocenters. The van der Waals surface area contributed by atoms with E-state index in [-0.39, 0.29) is 0 Å². The van der Waals surface area contributed by atoms with E-state index >= 15 is 0 Å². The molecule has 0 bridgehead atoms. The van der Waals surface area contributed by atoms with Gasteiger partial charge in [-0.25, -0.2) is 9.97 Å². The van der Waals surface area contributed by atoms with Crippen molar-refractivity contribution in [3.8, 4) is 6.07 Å². The van der Waals surface area contributed by atoms with Crippen LogP contribution in [0.2, 0.25) is 0 Å². The van der Waals surface area contributed by atoms with E-state index in [0.29, 0.717) is 17.0 Å². The molecule has 16 heavy (non-hydrogen) atoms. The van der Waals surface area contributed by atoms with Gasteiger partial charge in [-0.15, -0.1) is 0 Å². The van der Waals surface area contributed by atoms with Crippen LogP contribution < -0.4 is 5.32 Å². The van der Waals surface area contributed by atoms with Gasteiger partial charge in [0.25, 0.3) is 0 Å². The molecule has 0 amide bonds. The number of aromatic nitrogens is 2. The lowest BCUT2D eigenvalue weighted by Crippen LogP contribution is -2.21. The van der Waals surface area contributed by atoms with Crippen molar-refractivity contribution in [3.05, 3.63) is 18.1 Å². The highest BCUT2D eigenvalue weighted by Gasteiger charge is 2.44. The molecule has 1 heterocycles. The van der Waals surface area contributed by atoms with Gasteiger partial charge >= 0.3 is 0 Å². The molecular weight excluding hydrogens is 200 g/mol. The predicted molar refractivity (Wildman–Crippen MR) is 61.7 cm³/mol. The molecule has 1 fully saturated rings. The van der Waals surface area contributed by atoms with E-state index in [2.05, 4.69) is 29.1 Å². The maximum absolute atomic E-state index is 8.60. The van der Waals surface area contributed by atoms with Crippen LogP contribution in [0.4, 0.5) is 5.82 Å². The van der Waals surface area contributed by atoms with Crippen molar-refractivity contribution in [1.29, 1.82) is 5.26 Å². The monoisotopic (exact) mass is 216 g/mol. The van der Waals surface area contributed by atoms with Gasteiger partial charge < -0.3 is 5.32 Å². The first kappa shape index (κ1) is 10.9. The molecule has 0 atom stereocenters. The van der Waals surface area contributed by atoms with Crippen LogP contribution >= 0.6 is 0 Å². The molecule has 0 radical (unpaired) electrons. The zero-order valence-electron chi connectivity index (χ0n) is 9.70. The van der Waals surface area contributed by atoms with Crippen molar-refractivity contribution < 1.29 is 0 Å². The molecule has 1 N–H and O–H groups in total. The summed E-state index contributed by atoms with van der Waals surface area (Å²) in [5, 5.41) is 11.9. The van der Waals surface area contributed by atoms with Crippen LogP contribution in [-0.4, -0.2) is 16.5 Å². The third kappa shape index (κ3) is 2.13. The van der Waals surface area contributed by atoms with E-state index < -0.39 is 0 Å². The molecule has 1 saturated carbocycles. The molecule has 4 heteroatoms. The fraction of sp³-hybridized carbons (Fsp3) is 0.583. The van der Waals surface area contributed by atoms with E-state index in [1.54, 1.807) is 6.20 Å². The molecule has 4 nitrogen and oxygen atoms in total. The first-order chi connectivity index (χ1) is 7.66. The fourth-order valence-electron chi connectivity index (χ4n) is 1.86. The van der Waals surface area contributed by atoms with Crippen molar-refractivity contribution in [2.24, 2.45) is 11.3 Å². The summed E-state index contributed by atoms with van der Waals surface area (Å²) in [6.45, 7) is 5.48. The minimum atomic E-state index is 0.357. The van der Waals surface area contributed by atoms with Crippen LogP contribution in [0, 0.1) is 22.7 Å². The number of hydrogen-bond acceptors (Lipinski definition) is 4. The van der Waals surface area contributed by atoms with Crippen molar-refractivity contribution in [1.82, 2.24) is 9.97 Å². The zero-order chi connectivity index (χ0) is 11.6. The Bertz CT molecular complexity index is 398. The summed E-state index contributed by atoms with van der Waals surface area (Å²) in [5.74, 6) is 1.46. The first-order valence-corrected chi connectivity index (χ1v) is 5.62. The number of anilines is 1. The van der Waals surface area contributed by atoms with E-state index in [0.717, 1.165) is 12.4 Å². The lowest BCUT2D eigenvalue weighted by Gasteiger charge is -2.20. The van der Waals surface area contributed by atoms with Crippen molar-refractivity contribution in [3.63, 3.8) is 0 Å². The van der Waals surface area contributed by atoms with Gasteiger partial charge in [0.05, 0.1) is 12.4 Å².